The highest BCUT2D eigenvalue weighted by atomic mass is 16.5. The lowest BCUT2D eigenvalue weighted by molar-refractivity contribution is 0.0526. The van der Waals surface area contributed by atoms with E-state index in [4.69, 9.17) is 4.74 Å². The maximum absolute atomic E-state index is 11.0. The highest BCUT2D eigenvalue weighted by molar-refractivity contribution is 5.88. The molecular weight excluding hydrogens is 140 g/mol. The summed E-state index contributed by atoms with van der Waals surface area (Å²) in [6.45, 7) is 2.16. The molecule has 1 rings (SSSR count). The molecule has 0 saturated heterocycles. The molecule has 0 aliphatic rings. The summed E-state index contributed by atoms with van der Waals surface area (Å²) in [6, 6.07) is 10.4. The van der Waals surface area contributed by atoms with Crippen LogP contribution in [0.25, 0.3) is 0 Å². The van der Waals surface area contributed by atoms with E-state index in [0.717, 1.165) is 0 Å². The summed E-state index contributed by atoms with van der Waals surface area (Å²) in [5, 5.41) is 0. The van der Waals surface area contributed by atoms with Gasteiger partial charge in [-0.15, -0.1) is 0 Å². The largest absolute Gasteiger partial charge is 0.462 e. The Morgan fingerprint density at radius 3 is 3.09 bits per heavy atom. The minimum absolute atomic E-state index is 0.343. The monoisotopic (exact) mass is 148 g/mol. The zero-order valence-corrected chi connectivity index (χ0v) is 6.26. The summed E-state index contributed by atoms with van der Waals surface area (Å²) in [4.78, 5) is 11.0. The molecule has 0 spiro atoms. The van der Waals surface area contributed by atoms with Crippen molar-refractivity contribution in [3.05, 3.63) is 35.9 Å². The summed E-state index contributed by atoms with van der Waals surface area (Å²) in [5.74, 6) is -0.343. The molecule has 11 heavy (non-hydrogen) atoms. The molecule has 0 aliphatic carbocycles. The van der Waals surface area contributed by atoms with Crippen molar-refractivity contribution in [2.24, 2.45) is 0 Å². The molecular formula is C9H8O2. The second-order valence-corrected chi connectivity index (χ2v) is 1.93. The van der Waals surface area contributed by atoms with E-state index in [-0.39, 0.29) is 5.97 Å². The van der Waals surface area contributed by atoms with Crippen LogP contribution in [-0.2, 0) is 4.74 Å². The SMILES string of the molecule is CCOC(=O)c1c#cccc1. The van der Waals surface area contributed by atoms with E-state index in [1.165, 1.54) is 0 Å². The van der Waals surface area contributed by atoms with E-state index in [9.17, 15) is 4.79 Å². The first-order valence-corrected chi connectivity index (χ1v) is 3.40. The van der Waals surface area contributed by atoms with Crippen LogP contribution in [0.2, 0.25) is 0 Å². The predicted molar refractivity (Wildman–Crippen MR) is 40.1 cm³/mol. The summed E-state index contributed by atoms with van der Waals surface area (Å²) in [7, 11) is 0. The topological polar surface area (TPSA) is 26.3 Å². The number of hydrogen-bond donors (Lipinski definition) is 0. The third-order valence-corrected chi connectivity index (χ3v) is 1.14. The second-order valence-electron chi connectivity index (χ2n) is 1.93. The van der Waals surface area contributed by atoms with Crippen molar-refractivity contribution < 1.29 is 9.53 Å². The van der Waals surface area contributed by atoms with Gasteiger partial charge in [-0.3, -0.25) is 0 Å². The molecule has 0 heterocycles. The molecule has 0 unspecified atom stereocenters. The van der Waals surface area contributed by atoms with Crippen LogP contribution in [0.5, 0.6) is 0 Å². The van der Waals surface area contributed by atoms with E-state index in [1.54, 1.807) is 25.1 Å². The third kappa shape index (κ3) is 1.98. The molecule has 0 N–H and O–H groups in total. The van der Waals surface area contributed by atoms with Gasteiger partial charge in [0.1, 0.15) is 5.56 Å². The molecule has 56 valence electrons. The Kier molecular flexibility index (Phi) is 2.51. The lowest BCUT2D eigenvalue weighted by atomic mass is 10.3. The fourth-order valence-electron chi connectivity index (χ4n) is 0.681. The number of esters is 1. The van der Waals surface area contributed by atoms with Gasteiger partial charge in [-0.2, -0.15) is 0 Å². The Balaban J connectivity index is 2.69. The van der Waals surface area contributed by atoms with Crippen LogP contribution in [0.4, 0.5) is 0 Å². The molecule has 0 saturated carbocycles. The van der Waals surface area contributed by atoms with Crippen molar-refractivity contribution in [3.8, 4) is 0 Å². The quantitative estimate of drug-likeness (QED) is 0.593. The van der Waals surface area contributed by atoms with Crippen LogP contribution in [0.3, 0.4) is 0 Å². The fraction of sp³-hybridized carbons (Fsp3) is 0.222. The zero-order chi connectivity index (χ0) is 8.10. The molecule has 0 bridgehead atoms. The van der Waals surface area contributed by atoms with E-state index in [1.807, 2.05) is 0 Å². The Morgan fingerprint density at radius 1 is 1.73 bits per heavy atom. The second kappa shape index (κ2) is 3.62. The lowest BCUT2D eigenvalue weighted by Gasteiger charge is -1.96. The van der Waals surface area contributed by atoms with Gasteiger partial charge in [-0.05, 0) is 19.1 Å². The van der Waals surface area contributed by atoms with E-state index < -0.39 is 0 Å². The van der Waals surface area contributed by atoms with Crippen molar-refractivity contribution in [2.75, 3.05) is 6.61 Å². The summed E-state index contributed by atoms with van der Waals surface area (Å²) in [6.07, 6.45) is 0. The lowest BCUT2D eigenvalue weighted by Crippen LogP contribution is -2.03. The summed E-state index contributed by atoms with van der Waals surface area (Å²) >= 11 is 0. The smallest absolute Gasteiger partial charge is 0.346 e. The van der Waals surface area contributed by atoms with Crippen molar-refractivity contribution in [3.63, 3.8) is 0 Å². The number of rotatable bonds is 2. The van der Waals surface area contributed by atoms with E-state index in [0.29, 0.717) is 12.2 Å². The molecule has 2 nitrogen and oxygen atoms in total. The average Bonchev–Trinajstić information content (AvgIpc) is 2.07. The van der Waals surface area contributed by atoms with Gasteiger partial charge in [0, 0.05) is 0 Å². The van der Waals surface area contributed by atoms with Gasteiger partial charge in [0.05, 0.1) is 6.61 Å². The molecule has 2 heteroatoms. The summed E-state index contributed by atoms with van der Waals surface area (Å²) in [5.41, 5.74) is 0.425. The molecule has 0 atom stereocenters. The number of carbonyl (C=O) groups excluding carboxylic acids is 1. The van der Waals surface area contributed by atoms with Crippen molar-refractivity contribution in [1.82, 2.24) is 0 Å². The fourth-order valence-corrected chi connectivity index (χ4v) is 0.681. The molecule has 0 fully saturated rings. The maximum atomic E-state index is 11.0. The first-order chi connectivity index (χ1) is 5.34. The first-order valence-electron chi connectivity index (χ1n) is 3.40. The molecule has 1 aromatic carbocycles. The highest BCUT2D eigenvalue weighted by Crippen LogP contribution is 1.95. The molecule has 0 amide bonds. The number of carbonyl (C=O) groups is 1. The van der Waals surface area contributed by atoms with Crippen LogP contribution in [0.15, 0.2) is 18.2 Å². The molecule has 0 aliphatic heterocycles. The predicted octanol–water partition coefficient (Wildman–Crippen LogP) is 1.46. The van der Waals surface area contributed by atoms with Gasteiger partial charge in [-0.1, -0.05) is 18.2 Å². The zero-order valence-electron chi connectivity index (χ0n) is 6.26. The van der Waals surface area contributed by atoms with Gasteiger partial charge in [0.15, 0.2) is 0 Å². The highest BCUT2D eigenvalue weighted by Gasteiger charge is 2.02. The van der Waals surface area contributed by atoms with Crippen LogP contribution in [0, 0.1) is 12.1 Å². The Morgan fingerprint density at radius 2 is 2.55 bits per heavy atom. The van der Waals surface area contributed by atoms with Gasteiger partial charge < -0.3 is 4.74 Å². The number of hydrogen-bond acceptors (Lipinski definition) is 2. The van der Waals surface area contributed by atoms with E-state index in [2.05, 4.69) is 12.1 Å². The Labute approximate surface area is 65.8 Å². The Hall–Kier alpha value is -1.49. The standard InChI is InChI=1S/C9H8O2/c1-2-11-9(10)8-6-4-3-5-7-8/h3-4,6H,2H2,1H3. The normalized spacial score (nSPS) is 8.45. The van der Waals surface area contributed by atoms with Crippen molar-refractivity contribution in [2.45, 2.75) is 6.92 Å². The van der Waals surface area contributed by atoms with Gasteiger partial charge >= 0.3 is 5.97 Å². The summed E-state index contributed by atoms with van der Waals surface area (Å²) < 4.78 is 4.74. The van der Waals surface area contributed by atoms with Gasteiger partial charge in [0.25, 0.3) is 0 Å². The molecule has 1 aromatic rings. The molecule has 0 radical (unpaired) electrons. The minimum atomic E-state index is -0.343. The van der Waals surface area contributed by atoms with Crippen LogP contribution in [-0.4, -0.2) is 12.6 Å². The minimum Gasteiger partial charge on any atom is -0.462 e. The third-order valence-electron chi connectivity index (χ3n) is 1.14. The Bertz CT molecular complexity index is 229. The first kappa shape index (κ1) is 7.62. The van der Waals surface area contributed by atoms with Crippen molar-refractivity contribution in [1.29, 1.82) is 0 Å². The van der Waals surface area contributed by atoms with Crippen molar-refractivity contribution >= 4 is 5.97 Å². The maximum Gasteiger partial charge on any atom is 0.346 e. The average molecular weight is 148 g/mol. The van der Waals surface area contributed by atoms with Gasteiger partial charge in [0.2, 0.25) is 0 Å². The van der Waals surface area contributed by atoms with E-state index >= 15 is 0 Å². The van der Waals surface area contributed by atoms with Crippen LogP contribution < -0.4 is 0 Å². The molecule has 0 aromatic heterocycles. The number of ether oxygens (including phenoxy) is 1. The van der Waals surface area contributed by atoms with Crippen LogP contribution >= 0.6 is 0 Å². The van der Waals surface area contributed by atoms with Gasteiger partial charge in [-0.25, -0.2) is 4.79 Å². The van der Waals surface area contributed by atoms with Crippen LogP contribution in [0.1, 0.15) is 17.3 Å².